The zero-order valence-electron chi connectivity index (χ0n) is 18.6. The van der Waals surface area contributed by atoms with Gasteiger partial charge in [0, 0.05) is 30.1 Å². The maximum absolute atomic E-state index is 12.9. The molecule has 0 bridgehead atoms. The van der Waals surface area contributed by atoms with Gasteiger partial charge >= 0.3 is 0 Å². The van der Waals surface area contributed by atoms with Crippen molar-refractivity contribution in [2.24, 2.45) is 11.8 Å². The molecule has 2 aliphatic carbocycles. The van der Waals surface area contributed by atoms with Crippen LogP contribution in [0.5, 0.6) is 5.75 Å². The summed E-state index contributed by atoms with van der Waals surface area (Å²) < 4.78 is 5.57. The summed E-state index contributed by atoms with van der Waals surface area (Å²) in [5, 5.41) is 3.36. The number of piperidine rings is 1. The maximum atomic E-state index is 12.9. The van der Waals surface area contributed by atoms with Gasteiger partial charge in [-0.25, -0.2) is 0 Å². The van der Waals surface area contributed by atoms with E-state index in [-0.39, 0.29) is 17.4 Å². The number of carbonyl (C=O) groups is 1. The molecule has 3 aliphatic rings. The standard InChI is InChI=1S/C27H34N2O2/c1-31-25-9-5-8-22(16-25)27-14-15-29(18-20-10-11-20)19-23(27)12-13-24(17-27)28-26(30)21-6-3-2-4-7-21/h2-9,16,20,23-24H,10-15,17-19H2,1H3,(H,28,30). The highest BCUT2D eigenvalue weighted by molar-refractivity contribution is 5.94. The summed E-state index contributed by atoms with van der Waals surface area (Å²) in [5.74, 6) is 2.56. The van der Waals surface area contributed by atoms with Crippen LogP contribution in [0.1, 0.15) is 54.4 Å². The molecule has 1 N–H and O–H groups in total. The van der Waals surface area contributed by atoms with Crippen LogP contribution >= 0.6 is 0 Å². The number of amides is 1. The first-order valence-electron chi connectivity index (χ1n) is 11.9. The number of benzene rings is 2. The average molecular weight is 419 g/mol. The largest absolute Gasteiger partial charge is 0.497 e. The van der Waals surface area contributed by atoms with Gasteiger partial charge in [0.1, 0.15) is 5.75 Å². The first kappa shape index (κ1) is 20.6. The fourth-order valence-corrected chi connectivity index (χ4v) is 5.96. The van der Waals surface area contributed by atoms with Gasteiger partial charge in [0.15, 0.2) is 0 Å². The van der Waals surface area contributed by atoms with Gasteiger partial charge in [-0.05, 0) is 86.7 Å². The molecule has 2 aromatic rings. The Kier molecular flexibility index (Phi) is 5.75. The Balaban J connectivity index is 1.38. The van der Waals surface area contributed by atoms with Crippen LogP contribution in [-0.2, 0) is 5.41 Å². The Morgan fingerprint density at radius 1 is 1.10 bits per heavy atom. The molecule has 3 unspecified atom stereocenters. The lowest BCUT2D eigenvalue weighted by Gasteiger charge is -2.53. The van der Waals surface area contributed by atoms with Crippen molar-refractivity contribution in [3.05, 3.63) is 65.7 Å². The summed E-state index contributed by atoms with van der Waals surface area (Å²) in [7, 11) is 1.75. The molecule has 1 aliphatic heterocycles. The number of hydrogen-bond acceptors (Lipinski definition) is 3. The monoisotopic (exact) mass is 418 g/mol. The van der Waals surface area contributed by atoms with Crippen molar-refractivity contribution in [1.29, 1.82) is 0 Å². The number of likely N-dealkylation sites (tertiary alicyclic amines) is 1. The maximum Gasteiger partial charge on any atom is 0.251 e. The third kappa shape index (κ3) is 4.36. The van der Waals surface area contributed by atoms with Gasteiger partial charge < -0.3 is 15.0 Å². The number of fused-ring (bicyclic) bond motifs is 1. The van der Waals surface area contributed by atoms with E-state index < -0.39 is 0 Å². The van der Waals surface area contributed by atoms with E-state index in [1.165, 1.54) is 31.5 Å². The van der Waals surface area contributed by atoms with E-state index in [4.69, 9.17) is 4.74 Å². The van der Waals surface area contributed by atoms with Crippen molar-refractivity contribution in [2.45, 2.75) is 50.0 Å². The topological polar surface area (TPSA) is 41.6 Å². The zero-order valence-corrected chi connectivity index (χ0v) is 18.6. The van der Waals surface area contributed by atoms with E-state index in [1.807, 2.05) is 36.4 Å². The van der Waals surface area contributed by atoms with Crippen molar-refractivity contribution in [3.63, 3.8) is 0 Å². The Morgan fingerprint density at radius 3 is 2.71 bits per heavy atom. The quantitative estimate of drug-likeness (QED) is 0.743. The summed E-state index contributed by atoms with van der Waals surface area (Å²) >= 11 is 0. The van der Waals surface area contributed by atoms with E-state index in [9.17, 15) is 4.79 Å². The molecule has 1 amide bonds. The van der Waals surface area contributed by atoms with Crippen molar-refractivity contribution in [2.75, 3.05) is 26.7 Å². The van der Waals surface area contributed by atoms with Crippen molar-refractivity contribution >= 4 is 5.91 Å². The van der Waals surface area contributed by atoms with E-state index in [0.717, 1.165) is 49.5 Å². The summed E-state index contributed by atoms with van der Waals surface area (Å²) in [5.41, 5.74) is 2.25. The molecule has 0 radical (unpaired) electrons. The summed E-state index contributed by atoms with van der Waals surface area (Å²) in [6, 6.07) is 18.5. The second kappa shape index (κ2) is 8.66. The van der Waals surface area contributed by atoms with E-state index >= 15 is 0 Å². The Hall–Kier alpha value is -2.33. The van der Waals surface area contributed by atoms with Crippen LogP contribution in [-0.4, -0.2) is 43.6 Å². The van der Waals surface area contributed by atoms with Crippen molar-refractivity contribution < 1.29 is 9.53 Å². The molecule has 0 spiro atoms. The molecule has 164 valence electrons. The Bertz CT molecular complexity index is 910. The number of hydrogen-bond donors (Lipinski definition) is 1. The molecule has 31 heavy (non-hydrogen) atoms. The number of carbonyl (C=O) groups excluding carboxylic acids is 1. The zero-order chi connectivity index (χ0) is 21.3. The number of nitrogens with zero attached hydrogens (tertiary/aromatic N) is 1. The van der Waals surface area contributed by atoms with E-state index in [0.29, 0.717) is 5.92 Å². The first-order chi connectivity index (χ1) is 15.2. The highest BCUT2D eigenvalue weighted by Gasteiger charge is 2.48. The van der Waals surface area contributed by atoms with Crippen LogP contribution in [0.4, 0.5) is 0 Å². The van der Waals surface area contributed by atoms with E-state index in [2.05, 4.69) is 28.4 Å². The van der Waals surface area contributed by atoms with E-state index in [1.54, 1.807) is 7.11 Å². The normalized spacial score (nSPS) is 28.5. The Labute approximate surface area is 186 Å². The lowest BCUT2D eigenvalue weighted by Crippen LogP contribution is -2.56. The number of methoxy groups -OCH3 is 1. The van der Waals surface area contributed by atoms with Gasteiger partial charge in [-0.3, -0.25) is 4.79 Å². The smallest absolute Gasteiger partial charge is 0.251 e. The Morgan fingerprint density at radius 2 is 1.94 bits per heavy atom. The predicted octanol–water partition coefficient (Wildman–Crippen LogP) is 4.65. The van der Waals surface area contributed by atoms with Crippen LogP contribution in [0, 0.1) is 11.8 Å². The molecule has 1 saturated heterocycles. The second-order valence-corrected chi connectivity index (χ2v) is 9.86. The minimum absolute atomic E-state index is 0.0519. The SMILES string of the molecule is COc1cccc(C23CCN(CC4CC4)CC2CCC(NC(=O)c2ccccc2)C3)c1. The van der Waals surface area contributed by atoms with Crippen molar-refractivity contribution in [3.8, 4) is 5.75 Å². The fraction of sp³-hybridized carbons (Fsp3) is 0.519. The van der Waals surface area contributed by atoms with Crippen LogP contribution in [0.2, 0.25) is 0 Å². The van der Waals surface area contributed by atoms with Gasteiger partial charge in [0.25, 0.3) is 5.91 Å². The van der Waals surface area contributed by atoms with Gasteiger partial charge in [0.2, 0.25) is 0 Å². The van der Waals surface area contributed by atoms with Crippen LogP contribution in [0.25, 0.3) is 0 Å². The molecule has 2 saturated carbocycles. The molecule has 1 heterocycles. The summed E-state index contributed by atoms with van der Waals surface area (Å²) in [6.07, 6.45) is 7.23. The molecule has 4 heteroatoms. The van der Waals surface area contributed by atoms with Gasteiger partial charge in [-0.2, -0.15) is 0 Å². The molecule has 2 aromatic carbocycles. The number of rotatable bonds is 6. The number of nitrogens with one attached hydrogen (secondary N) is 1. The minimum Gasteiger partial charge on any atom is -0.497 e. The van der Waals surface area contributed by atoms with Crippen LogP contribution in [0.3, 0.4) is 0 Å². The van der Waals surface area contributed by atoms with Gasteiger partial charge in [0.05, 0.1) is 7.11 Å². The molecular formula is C27H34N2O2. The highest BCUT2D eigenvalue weighted by atomic mass is 16.5. The number of ether oxygens (including phenoxy) is 1. The third-order valence-electron chi connectivity index (χ3n) is 7.84. The lowest BCUT2D eigenvalue weighted by atomic mass is 9.58. The van der Waals surface area contributed by atoms with Gasteiger partial charge in [-0.15, -0.1) is 0 Å². The van der Waals surface area contributed by atoms with Crippen molar-refractivity contribution in [1.82, 2.24) is 10.2 Å². The van der Waals surface area contributed by atoms with Crippen LogP contribution in [0.15, 0.2) is 54.6 Å². The van der Waals surface area contributed by atoms with Gasteiger partial charge in [-0.1, -0.05) is 30.3 Å². The fourth-order valence-electron chi connectivity index (χ4n) is 5.96. The molecule has 3 atom stereocenters. The summed E-state index contributed by atoms with van der Waals surface area (Å²) in [4.78, 5) is 15.6. The third-order valence-corrected chi connectivity index (χ3v) is 7.84. The second-order valence-electron chi connectivity index (χ2n) is 9.86. The van der Waals surface area contributed by atoms with Crippen LogP contribution < -0.4 is 10.1 Å². The highest BCUT2D eigenvalue weighted by Crippen LogP contribution is 2.50. The molecule has 4 nitrogen and oxygen atoms in total. The first-order valence-corrected chi connectivity index (χ1v) is 11.9. The summed E-state index contributed by atoms with van der Waals surface area (Å²) in [6.45, 7) is 3.62. The molecular weight excluding hydrogens is 384 g/mol. The predicted molar refractivity (Wildman–Crippen MR) is 123 cm³/mol. The average Bonchev–Trinajstić information content (AvgIpc) is 3.64. The molecule has 3 fully saturated rings. The molecule has 5 rings (SSSR count). The lowest BCUT2D eigenvalue weighted by molar-refractivity contribution is 0.0403. The molecule has 0 aromatic heterocycles. The minimum atomic E-state index is 0.0519.